The van der Waals surface area contributed by atoms with Crippen molar-refractivity contribution in [2.45, 2.75) is 32.7 Å². The van der Waals surface area contributed by atoms with Gasteiger partial charge in [-0.15, -0.1) is 0 Å². The summed E-state index contributed by atoms with van der Waals surface area (Å²) in [5, 5.41) is 3.55. The van der Waals surface area contributed by atoms with Gasteiger partial charge in [-0.05, 0) is 24.9 Å². The lowest BCUT2D eigenvalue weighted by Crippen LogP contribution is -2.38. The molecule has 1 heterocycles. The van der Waals surface area contributed by atoms with Gasteiger partial charge in [-0.25, -0.2) is 0 Å². The van der Waals surface area contributed by atoms with Crippen LogP contribution in [0.5, 0.6) is 0 Å². The van der Waals surface area contributed by atoms with E-state index in [1.165, 1.54) is 18.6 Å². The van der Waals surface area contributed by atoms with Crippen LogP contribution in [0, 0.1) is 5.41 Å². The summed E-state index contributed by atoms with van der Waals surface area (Å²) >= 11 is 1.94. The summed E-state index contributed by atoms with van der Waals surface area (Å²) in [6.07, 6.45) is 4.69. The fraction of sp³-hybridized carbons (Fsp3) is 1.00. The predicted octanol–water partition coefficient (Wildman–Crippen LogP) is 2.14. The molecule has 1 unspecified atom stereocenters. The molecule has 0 bridgehead atoms. The average Bonchev–Trinajstić information content (AvgIpc) is 2.61. The van der Waals surface area contributed by atoms with E-state index >= 15 is 0 Å². The van der Waals surface area contributed by atoms with E-state index in [0.717, 1.165) is 19.8 Å². The van der Waals surface area contributed by atoms with E-state index in [1.807, 2.05) is 11.8 Å². The lowest BCUT2D eigenvalue weighted by Gasteiger charge is -2.28. The maximum Gasteiger partial charge on any atom is 0.0535 e. The second-order valence-corrected chi connectivity index (χ2v) is 5.57. The van der Waals surface area contributed by atoms with Crippen molar-refractivity contribution in [3.8, 4) is 0 Å². The van der Waals surface area contributed by atoms with Crippen molar-refractivity contribution >= 4 is 11.8 Å². The summed E-state index contributed by atoms with van der Waals surface area (Å²) in [6.45, 7) is 7.43. The molecule has 0 aromatic heterocycles. The molecular weight excluding hydrogens is 194 g/mol. The predicted molar refractivity (Wildman–Crippen MR) is 64.0 cm³/mol. The number of ether oxygens (including phenoxy) is 1. The van der Waals surface area contributed by atoms with Crippen LogP contribution in [0.25, 0.3) is 0 Å². The molecule has 1 aliphatic rings. The van der Waals surface area contributed by atoms with Gasteiger partial charge in [-0.1, -0.05) is 13.8 Å². The highest BCUT2D eigenvalue weighted by Crippen LogP contribution is 2.32. The monoisotopic (exact) mass is 217 g/mol. The fourth-order valence-electron chi connectivity index (χ4n) is 1.81. The number of nitrogens with one attached hydrogen (secondary N) is 1. The van der Waals surface area contributed by atoms with Crippen molar-refractivity contribution in [1.29, 1.82) is 0 Å². The molecule has 1 rings (SSSR count). The highest BCUT2D eigenvalue weighted by Gasteiger charge is 2.33. The quantitative estimate of drug-likeness (QED) is 0.736. The van der Waals surface area contributed by atoms with Crippen molar-refractivity contribution in [1.82, 2.24) is 5.32 Å². The van der Waals surface area contributed by atoms with Gasteiger partial charge in [0.05, 0.1) is 6.61 Å². The Labute approximate surface area is 92.2 Å². The Morgan fingerprint density at radius 1 is 1.50 bits per heavy atom. The Hall–Kier alpha value is 0.270. The van der Waals surface area contributed by atoms with Crippen LogP contribution in [-0.4, -0.2) is 37.8 Å². The number of hydrogen-bond donors (Lipinski definition) is 1. The summed E-state index contributed by atoms with van der Waals surface area (Å²) in [7, 11) is 0. The van der Waals surface area contributed by atoms with Gasteiger partial charge in [0.1, 0.15) is 0 Å². The zero-order valence-corrected chi connectivity index (χ0v) is 10.5. The molecule has 0 aromatic carbocycles. The van der Waals surface area contributed by atoms with E-state index in [0.29, 0.717) is 11.5 Å². The average molecular weight is 217 g/mol. The molecule has 1 fully saturated rings. The first kappa shape index (κ1) is 12.3. The Bertz CT molecular complexity index is 155. The third-order valence-corrected chi connectivity index (χ3v) is 3.52. The fourth-order valence-corrected chi connectivity index (χ4v) is 2.45. The summed E-state index contributed by atoms with van der Waals surface area (Å²) in [4.78, 5) is 0. The van der Waals surface area contributed by atoms with Crippen LogP contribution in [0.3, 0.4) is 0 Å². The number of thioether (sulfide) groups is 1. The van der Waals surface area contributed by atoms with Crippen LogP contribution in [0.2, 0.25) is 0 Å². The van der Waals surface area contributed by atoms with Crippen molar-refractivity contribution in [3.63, 3.8) is 0 Å². The summed E-state index contributed by atoms with van der Waals surface area (Å²) < 4.78 is 5.54. The van der Waals surface area contributed by atoms with Crippen molar-refractivity contribution in [2.24, 2.45) is 5.41 Å². The van der Waals surface area contributed by atoms with E-state index in [9.17, 15) is 0 Å². The van der Waals surface area contributed by atoms with Crippen LogP contribution in [0.15, 0.2) is 0 Å². The molecule has 14 heavy (non-hydrogen) atoms. The van der Waals surface area contributed by atoms with Gasteiger partial charge in [0.15, 0.2) is 0 Å². The lowest BCUT2D eigenvalue weighted by atomic mass is 9.84. The van der Waals surface area contributed by atoms with Crippen molar-refractivity contribution in [2.75, 3.05) is 31.8 Å². The summed E-state index contributed by atoms with van der Waals surface area (Å²) in [5.41, 5.74) is 0.424. The van der Waals surface area contributed by atoms with Crippen LogP contribution in [0.1, 0.15) is 26.7 Å². The van der Waals surface area contributed by atoms with Gasteiger partial charge in [0, 0.05) is 24.6 Å². The highest BCUT2D eigenvalue weighted by molar-refractivity contribution is 7.98. The molecule has 0 aliphatic carbocycles. The molecule has 1 saturated heterocycles. The maximum atomic E-state index is 5.54. The standard InChI is InChI=1S/C11H23NOS/c1-10(2)12-8-11(5-7-14-3)4-6-13-9-11/h10,12H,4-9H2,1-3H3. The van der Waals surface area contributed by atoms with Crippen LogP contribution < -0.4 is 5.32 Å². The van der Waals surface area contributed by atoms with E-state index in [2.05, 4.69) is 25.4 Å². The van der Waals surface area contributed by atoms with Crippen LogP contribution >= 0.6 is 11.8 Å². The Kier molecular flexibility index (Phi) is 5.28. The first-order chi connectivity index (χ1) is 6.68. The third kappa shape index (κ3) is 3.79. The van der Waals surface area contributed by atoms with E-state index in [1.54, 1.807) is 0 Å². The van der Waals surface area contributed by atoms with Gasteiger partial charge in [-0.3, -0.25) is 0 Å². The third-order valence-electron chi connectivity index (χ3n) is 2.91. The normalized spacial score (nSPS) is 27.4. The first-order valence-corrected chi connectivity index (χ1v) is 6.88. The summed E-state index contributed by atoms with van der Waals surface area (Å²) in [5.74, 6) is 1.25. The molecule has 1 aliphatic heterocycles. The minimum absolute atomic E-state index is 0.424. The largest absolute Gasteiger partial charge is 0.381 e. The molecule has 3 heteroatoms. The molecule has 0 amide bonds. The SMILES string of the molecule is CSCCC1(CNC(C)C)CCOC1. The van der Waals surface area contributed by atoms with E-state index in [-0.39, 0.29) is 0 Å². The highest BCUT2D eigenvalue weighted by atomic mass is 32.2. The molecule has 2 nitrogen and oxygen atoms in total. The smallest absolute Gasteiger partial charge is 0.0535 e. The van der Waals surface area contributed by atoms with E-state index < -0.39 is 0 Å². The van der Waals surface area contributed by atoms with E-state index in [4.69, 9.17) is 4.74 Å². The number of hydrogen-bond acceptors (Lipinski definition) is 3. The molecule has 0 radical (unpaired) electrons. The maximum absolute atomic E-state index is 5.54. The lowest BCUT2D eigenvalue weighted by molar-refractivity contribution is 0.146. The van der Waals surface area contributed by atoms with Gasteiger partial charge < -0.3 is 10.1 Å². The minimum atomic E-state index is 0.424. The molecule has 0 spiro atoms. The van der Waals surface area contributed by atoms with Crippen LogP contribution in [0.4, 0.5) is 0 Å². The topological polar surface area (TPSA) is 21.3 Å². The van der Waals surface area contributed by atoms with Crippen molar-refractivity contribution in [3.05, 3.63) is 0 Å². The molecule has 0 saturated carbocycles. The minimum Gasteiger partial charge on any atom is -0.381 e. The van der Waals surface area contributed by atoms with Crippen LogP contribution in [-0.2, 0) is 4.74 Å². The molecule has 1 N–H and O–H groups in total. The Morgan fingerprint density at radius 3 is 2.79 bits per heavy atom. The number of rotatable bonds is 6. The first-order valence-electron chi connectivity index (χ1n) is 5.49. The van der Waals surface area contributed by atoms with Gasteiger partial charge in [0.2, 0.25) is 0 Å². The molecule has 0 aromatic rings. The zero-order valence-electron chi connectivity index (χ0n) is 9.64. The second-order valence-electron chi connectivity index (χ2n) is 4.58. The Balaban J connectivity index is 2.36. The Morgan fingerprint density at radius 2 is 2.29 bits per heavy atom. The second kappa shape index (κ2) is 5.99. The van der Waals surface area contributed by atoms with Crippen molar-refractivity contribution < 1.29 is 4.74 Å². The van der Waals surface area contributed by atoms with Gasteiger partial charge >= 0.3 is 0 Å². The molecule has 1 atom stereocenters. The van der Waals surface area contributed by atoms with Gasteiger partial charge in [-0.2, -0.15) is 11.8 Å². The summed E-state index contributed by atoms with van der Waals surface area (Å²) in [6, 6.07) is 0.585. The molecule has 84 valence electrons. The molecular formula is C11H23NOS. The zero-order chi connectivity index (χ0) is 10.4. The van der Waals surface area contributed by atoms with Gasteiger partial charge in [0.25, 0.3) is 0 Å².